The monoisotopic (exact) mass is 201 g/mol. The summed E-state index contributed by atoms with van der Waals surface area (Å²) in [6, 6.07) is 10.5. The van der Waals surface area contributed by atoms with Gasteiger partial charge in [-0.05, 0) is 31.5 Å². The summed E-state index contributed by atoms with van der Waals surface area (Å²) >= 11 is 0. The molecule has 1 saturated heterocycles. The van der Waals surface area contributed by atoms with Crippen LogP contribution in [0.25, 0.3) is 6.08 Å². The first-order valence-electron chi connectivity index (χ1n) is 5.89. The van der Waals surface area contributed by atoms with Gasteiger partial charge in [0.25, 0.3) is 0 Å². The average Bonchev–Trinajstić information content (AvgIpc) is 2.32. The first-order chi connectivity index (χ1) is 7.45. The minimum absolute atomic E-state index is 1.11. The molecule has 1 aromatic rings. The van der Waals surface area contributed by atoms with E-state index in [1.807, 2.05) is 0 Å². The zero-order chi connectivity index (χ0) is 10.3. The van der Waals surface area contributed by atoms with E-state index in [4.69, 9.17) is 0 Å². The number of benzene rings is 1. The average molecular weight is 201 g/mol. The smallest absolute Gasteiger partial charge is 0.0166 e. The van der Waals surface area contributed by atoms with Crippen LogP contribution in [0.15, 0.2) is 36.4 Å². The summed E-state index contributed by atoms with van der Waals surface area (Å²) in [4.78, 5) is 2.53. The molecule has 0 spiro atoms. The van der Waals surface area contributed by atoms with Gasteiger partial charge in [0.2, 0.25) is 0 Å². The third-order valence-electron chi connectivity index (χ3n) is 2.92. The van der Waals surface area contributed by atoms with Crippen molar-refractivity contribution in [3.8, 4) is 0 Å². The van der Waals surface area contributed by atoms with Crippen LogP contribution in [0.5, 0.6) is 0 Å². The number of nitrogens with zero attached hydrogens (tertiary/aromatic N) is 1. The molecule has 1 aromatic carbocycles. The molecule has 0 amide bonds. The third kappa shape index (κ3) is 3.52. The first kappa shape index (κ1) is 10.4. The van der Waals surface area contributed by atoms with Crippen LogP contribution in [0.4, 0.5) is 0 Å². The van der Waals surface area contributed by atoms with Crippen LogP contribution in [-0.2, 0) is 0 Å². The predicted octanol–water partition coefficient (Wildman–Crippen LogP) is 3.19. The van der Waals surface area contributed by atoms with Gasteiger partial charge in [0, 0.05) is 6.54 Å². The van der Waals surface area contributed by atoms with E-state index in [0.717, 1.165) is 6.54 Å². The predicted molar refractivity (Wildman–Crippen MR) is 65.8 cm³/mol. The molecule has 2 rings (SSSR count). The summed E-state index contributed by atoms with van der Waals surface area (Å²) in [5.41, 5.74) is 1.30. The maximum absolute atomic E-state index is 2.53. The molecular formula is C14H19N. The largest absolute Gasteiger partial charge is 0.300 e. The van der Waals surface area contributed by atoms with Gasteiger partial charge in [-0.1, -0.05) is 48.9 Å². The fourth-order valence-corrected chi connectivity index (χ4v) is 2.04. The molecular weight excluding hydrogens is 182 g/mol. The molecule has 0 radical (unpaired) electrons. The Bertz CT molecular complexity index is 296. The van der Waals surface area contributed by atoms with E-state index in [2.05, 4.69) is 47.4 Å². The van der Waals surface area contributed by atoms with Gasteiger partial charge in [0.1, 0.15) is 0 Å². The first-order valence-corrected chi connectivity index (χ1v) is 5.89. The van der Waals surface area contributed by atoms with Crippen molar-refractivity contribution in [2.45, 2.75) is 19.3 Å². The Kier molecular flexibility index (Phi) is 3.98. The summed E-state index contributed by atoms with van der Waals surface area (Å²) in [5, 5.41) is 0. The van der Waals surface area contributed by atoms with Crippen LogP contribution in [0.2, 0.25) is 0 Å². The molecule has 0 aromatic heterocycles. The highest BCUT2D eigenvalue weighted by Crippen LogP contribution is 2.08. The third-order valence-corrected chi connectivity index (χ3v) is 2.92. The minimum atomic E-state index is 1.11. The van der Waals surface area contributed by atoms with Gasteiger partial charge in [-0.3, -0.25) is 4.90 Å². The van der Waals surface area contributed by atoms with Gasteiger partial charge in [-0.15, -0.1) is 0 Å². The molecule has 0 unspecified atom stereocenters. The Morgan fingerprint density at radius 1 is 1.00 bits per heavy atom. The number of piperidine rings is 1. The van der Waals surface area contributed by atoms with Crippen LogP contribution in [0.3, 0.4) is 0 Å². The molecule has 1 aliphatic heterocycles. The summed E-state index contributed by atoms with van der Waals surface area (Å²) in [5.74, 6) is 0. The van der Waals surface area contributed by atoms with E-state index in [9.17, 15) is 0 Å². The van der Waals surface area contributed by atoms with Crippen molar-refractivity contribution in [2.24, 2.45) is 0 Å². The quantitative estimate of drug-likeness (QED) is 0.726. The summed E-state index contributed by atoms with van der Waals surface area (Å²) in [7, 11) is 0. The van der Waals surface area contributed by atoms with E-state index in [1.165, 1.54) is 37.9 Å². The van der Waals surface area contributed by atoms with Gasteiger partial charge in [0.15, 0.2) is 0 Å². The van der Waals surface area contributed by atoms with Crippen molar-refractivity contribution in [1.29, 1.82) is 0 Å². The van der Waals surface area contributed by atoms with Crippen molar-refractivity contribution in [1.82, 2.24) is 4.90 Å². The number of hydrogen-bond acceptors (Lipinski definition) is 1. The molecule has 0 aliphatic carbocycles. The van der Waals surface area contributed by atoms with E-state index in [0.29, 0.717) is 0 Å². The topological polar surface area (TPSA) is 3.24 Å². The number of rotatable bonds is 3. The molecule has 0 atom stereocenters. The second-order valence-electron chi connectivity index (χ2n) is 4.17. The highest BCUT2D eigenvalue weighted by Gasteiger charge is 2.06. The Balaban J connectivity index is 1.79. The molecule has 0 saturated carbocycles. The number of likely N-dealkylation sites (tertiary alicyclic amines) is 1. The Labute approximate surface area is 92.4 Å². The molecule has 1 heterocycles. The lowest BCUT2D eigenvalue weighted by Gasteiger charge is -2.24. The molecule has 15 heavy (non-hydrogen) atoms. The van der Waals surface area contributed by atoms with Crippen molar-refractivity contribution in [3.05, 3.63) is 42.0 Å². The van der Waals surface area contributed by atoms with Gasteiger partial charge in [0.05, 0.1) is 0 Å². The molecule has 1 nitrogen and oxygen atoms in total. The van der Waals surface area contributed by atoms with E-state index in [-0.39, 0.29) is 0 Å². The molecule has 1 aliphatic rings. The molecule has 0 bridgehead atoms. The van der Waals surface area contributed by atoms with Gasteiger partial charge >= 0.3 is 0 Å². The van der Waals surface area contributed by atoms with Crippen molar-refractivity contribution >= 4 is 6.08 Å². The zero-order valence-electron chi connectivity index (χ0n) is 9.23. The molecule has 0 N–H and O–H groups in total. The van der Waals surface area contributed by atoms with Gasteiger partial charge in [-0.2, -0.15) is 0 Å². The van der Waals surface area contributed by atoms with Crippen LogP contribution >= 0.6 is 0 Å². The SMILES string of the molecule is C(=Cc1ccccc1)CN1CCCCC1. The second-order valence-corrected chi connectivity index (χ2v) is 4.17. The summed E-state index contributed by atoms with van der Waals surface area (Å²) < 4.78 is 0. The molecule has 1 fully saturated rings. The van der Waals surface area contributed by atoms with Crippen LogP contribution < -0.4 is 0 Å². The lowest BCUT2D eigenvalue weighted by atomic mass is 10.1. The van der Waals surface area contributed by atoms with E-state index in [1.54, 1.807) is 0 Å². The second kappa shape index (κ2) is 5.72. The van der Waals surface area contributed by atoms with Crippen LogP contribution in [0, 0.1) is 0 Å². The number of hydrogen-bond donors (Lipinski definition) is 0. The van der Waals surface area contributed by atoms with E-state index >= 15 is 0 Å². The Morgan fingerprint density at radius 2 is 1.73 bits per heavy atom. The minimum Gasteiger partial charge on any atom is -0.300 e. The Morgan fingerprint density at radius 3 is 2.47 bits per heavy atom. The lowest BCUT2D eigenvalue weighted by molar-refractivity contribution is 0.252. The Hall–Kier alpha value is -1.08. The normalized spacial score (nSPS) is 18.4. The van der Waals surface area contributed by atoms with Gasteiger partial charge in [-0.25, -0.2) is 0 Å². The standard InChI is InChI=1S/C14H19N/c1-3-8-14(9-4-1)10-7-13-15-11-5-2-6-12-15/h1,3-4,7-10H,2,5-6,11-13H2. The fourth-order valence-electron chi connectivity index (χ4n) is 2.04. The van der Waals surface area contributed by atoms with Crippen molar-refractivity contribution < 1.29 is 0 Å². The zero-order valence-corrected chi connectivity index (χ0v) is 9.23. The van der Waals surface area contributed by atoms with Crippen LogP contribution in [0.1, 0.15) is 24.8 Å². The van der Waals surface area contributed by atoms with Gasteiger partial charge < -0.3 is 0 Å². The summed E-state index contributed by atoms with van der Waals surface area (Å²) in [6.07, 6.45) is 8.66. The molecule has 80 valence electrons. The van der Waals surface area contributed by atoms with Crippen molar-refractivity contribution in [2.75, 3.05) is 19.6 Å². The molecule has 1 heteroatoms. The maximum Gasteiger partial charge on any atom is 0.0166 e. The maximum atomic E-state index is 2.53. The lowest BCUT2D eigenvalue weighted by Crippen LogP contribution is -2.29. The highest BCUT2D eigenvalue weighted by atomic mass is 15.1. The van der Waals surface area contributed by atoms with Crippen molar-refractivity contribution in [3.63, 3.8) is 0 Å². The highest BCUT2D eigenvalue weighted by molar-refractivity contribution is 5.48. The van der Waals surface area contributed by atoms with E-state index < -0.39 is 0 Å². The van der Waals surface area contributed by atoms with Crippen LogP contribution in [-0.4, -0.2) is 24.5 Å². The summed E-state index contributed by atoms with van der Waals surface area (Å²) in [6.45, 7) is 3.66. The fraction of sp³-hybridized carbons (Fsp3) is 0.429.